The summed E-state index contributed by atoms with van der Waals surface area (Å²) in [6.07, 6.45) is 0. The van der Waals surface area contributed by atoms with Gasteiger partial charge in [0.25, 0.3) is 5.91 Å². The largest absolute Gasteiger partial charge is 0.478 e. The van der Waals surface area contributed by atoms with E-state index >= 15 is 0 Å². The van der Waals surface area contributed by atoms with Crippen molar-refractivity contribution in [2.24, 2.45) is 0 Å². The first-order valence-electron chi connectivity index (χ1n) is 5.86. The summed E-state index contributed by atoms with van der Waals surface area (Å²) in [4.78, 5) is 24.7. The van der Waals surface area contributed by atoms with Gasteiger partial charge in [0.15, 0.2) is 0 Å². The van der Waals surface area contributed by atoms with Crippen LogP contribution in [0.1, 0.15) is 20.7 Å². The molecule has 0 unspecified atom stereocenters. The van der Waals surface area contributed by atoms with Crippen LogP contribution in [0.15, 0.2) is 48.5 Å². The molecule has 0 bridgehead atoms. The lowest BCUT2D eigenvalue weighted by Crippen LogP contribution is -2.27. The van der Waals surface area contributed by atoms with E-state index in [2.05, 4.69) is 0 Å². The molecule has 0 aromatic heterocycles. The summed E-state index contributed by atoms with van der Waals surface area (Å²) in [5.41, 5.74) is 0.509. The summed E-state index contributed by atoms with van der Waals surface area (Å²) in [6, 6.07) is 11.4. The Labute approximate surface area is 115 Å². The Balaban J connectivity index is 2.36. The fourth-order valence-electron chi connectivity index (χ4n) is 1.82. The van der Waals surface area contributed by atoms with Crippen molar-refractivity contribution in [1.29, 1.82) is 0 Å². The van der Waals surface area contributed by atoms with Gasteiger partial charge >= 0.3 is 5.97 Å². The van der Waals surface area contributed by atoms with Crippen LogP contribution in [0, 0.1) is 5.82 Å². The average Bonchev–Trinajstić information content (AvgIpc) is 2.46. The number of carbonyl (C=O) groups is 2. The average molecular weight is 273 g/mol. The van der Waals surface area contributed by atoms with E-state index < -0.39 is 17.7 Å². The summed E-state index contributed by atoms with van der Waals surface area (Å²) in [6.45, 7) is 0. The molecule has 2 aromatic rings. The van der Waals surface area contributed by atoms with Gasteiger partial charge in [0.2, 0.25) is 0 Å². The first kappa shape index (κ1) is 13.7. The van der Waals surface area contributed by atoms with Crippen LogP contribution in [-0.2, 0) is 0 Å². The third kappa shape index (κ3) is 2.66. The minimum atomic E-state index is -1.17. The van der Waals surface area contributed by atoms with E-state index in [9.17, 15) is 14.0 Å². The van der Waals surface area contributed by atoms with Crippen molar-refractivity contribution >= 4 is 17.6 Å². The lowest BCUT2D eigenvalue weighted by molar-refractivity contribution is 0.0692. The van der Waals surface area contributed by atoms with Gasteiger partial charge in [-0.3, -0.25) is 4.79 Å². The highest BCUT2D eigenvalue weighted by molar-refractivity contribution is 6.11. The molecule has 0 radical (unpaired) electrons. The monoisotopic (exact) mass is 273 g/mol. The zero-order valence-corrected chi connectivity index (χ0v) is 10.7. The highest BCUT2D eigenvalue weighted by Crippen LogP contribution is 2.18. The second-order valence-electron chi connectivity index (χ2n) is 4.19. The fraction of sp³-hybridized carbons (Fsp3) is 0.0667. The number of hydrogen-bond donors (Lipinski definition) is 1. The zero-order chi connectivity index (χ0) is 14.7. The number of amides is 1. The number of nitrogens with zero attached hydrogens (tertiary/aromatic N) is 1. The Kier molecular flexibility index (Phi) is 3.79. The Hall–Kier alpha value is -2.69. The van der Waals surface area contributed by atoms with Gasteiger partial charge in [-0.2, -0.15) is 0 Å². The van der Waals surface area contributed by atoms with E-state index in [-0.39, 0.29) is 11.1 Å². The van der Waals surface area contributed by atoms with E-state index in [1.54, 1.807) is 12.1 Å². The maximum atomic E-state index is 12.9. The molecule has 2 aromatic carbocycles. The van der Waals surface area contributed by atoms with E-state index in [1.807, 2.05) is 0 Å². The molecule has 4 nitrogen and oxygen atoms in total. The topological polar surface area (TPSA) is 57.6 Å². The summed E-state index contributed by atoms with van der Waals surface area (Å²) in [5.74, 6) is -2.03. The van der Waals surface area contributed by atoms with E-state index in [0.29, 0.717) is 5.69 Å². The Morgan fingerprint density at radius 2 is 1.55 bits per heavy atom. The molecule has 0 atom stereocenters. The Morgan fingerprint density at radius 1 is 1.00 bits per heavy atom. The number of carboxylic acids is 1. The standard InChI is InChI=1S/C15H12FNO3/c1-17(11-8-6-10(16)7-9-11)14(18)12-4-2-3-5-13(12)15(19)20/h2-9H,1H3,(H,19,20). The number of benzene rings is 2. The predicted octanol–water partition coefficient (Wildman–Crippen LogP) is 2.80. The van der Waals surface area contributed by atoms with Crippen molar-refractivity contribution in [3.8, 4) is 0 Å². The maximum Gasteiger partial charge on any atom is 0.336 e. The van der Waals surface area contributed by atoms with Crippen LogP contribution in [-0.4, -0.2) is 24.0 Å². The molecule has 5 heteroatoms. The van der Waals surface area contributed by atoms with Gasteiger partial charge < -0.3 is 10.0 Å². The molecule has 1 N–H and O–H groups in total. The number of hydrogen-bond acceptors (Lipinski definition) is 2. The minimum Gasteiger partial charge on any atom is -0.478 e. The van der Waals surface area contributed by atoms with Gasteiger partial charge in [-0.05, 0) is 36.4 Å². The number of halogens is 1. The molecule has 0 heterocycles. The smallest absolute Gasteiger partial charge is 0.336 e. The second-order valence-corrected chi connectivity index (χ2v) is 4.19. The summed E-state index contributed by atoms with van der Waals surface area (Å²) >= 11 is 0. The summed E-state index contributed by atoms with van der Waals surface area (Å²) in [5, 5.41) is 9.08. The van der Waals surface area contributed by atoms with Crippen LogP contribution < -0.4 is 4.90 Å². The molecule has 0 aliphatic heterocycles. The molecule has 0 fully saturated rings. The molecule has 0 spiro atoms. The van der Waals surface area contributed by atoms with Gasteiger partial charge in [-0.1, -0.05) is 12.1 Å². The number of anilines is 1. The van der Waals surface area contributed by atoms with Crippen molar-refractivity contribution in [2.45, 2.75) is 0 Å². The third-order valence-electron chi connectivity index (χ3n) is 2.91. The maximum absolute atomic E-state index is 12.9. The van der Waals surface area contributed by atoms with Crippen molar-refractivity contribution in [2.75, 3.05) is 11.9 Å². The van der Waals surface area contributed by atoms with E-state index in [0.717, 1.165) is 0 Å². The van der Waals surface area contributed by atoms with Gasteiger partial charge in [-0.25, -0.2) is 9.18 Å². The molecule has 102 valence electrons. The quantitative estimate of drug-likeness (QED) is 0.935. The highest BCUT2D eigenvalue weighted by atomic mass is 19.1. The van der Waals surface area contributed by atoms with Crippen LogP contribution in [0.4, 0.5) is 10.1 Å². The number of carbonyl (C=O) groups excluding carboxylic acids is 1. The van der Waals surface area contributed by atoms with Gasteiger partial charge in [-0.15, -0.1) is 0 Å². The van der Waals surface area contributed by atoms with Crippen LogP contribution in [0.5, 0.6) is 0 Å². The van der Waals surface area contributed by atoms with Gasteiger partial charge in [0.1, 0.15) is 5.82 Å². The van der Waals surface area contributed by atoms with Crippen LogP contribution in [0.3, 0.4) is 0 Å². The van der Waals surface area contributed by atoms with Crippen molar-refractivity contribution in [3.63, 3.8) is 0 Å². The molecule has 0 saturated heterocycles. The molecule has 0 aliphatic carbocycles. The SMILES string of the molecule is CN(C(=O)c1ccccc1C(=O)O)c1ccc(F)cc1. The first-order chi connectivity index (χ1) is 9.50. The molecule has 20 heavy (non-hydrogen) atoms. The van der Waals surface area contributed by atoms with Crippen LogP contribution >= 0.6 is 0 Å². The molecule has 1 amide bonds. The van der Waals surface area contributed by atoms with E-state index in [4.69, 9.17) is 5.11 Å². The lowest BCUT2D eigenvalue weighted by Gasteiger charge is -2.18. The number of rotatable bonds is 3. The molecule has 0 saturated carbocycles. The number of carboxylic acid groups (broad SMARTS) is 1. The van der Waals surface area contributed by atoms with Crippen LogP contribution in [0.25, 0.3) is 0 Å². The summed E-state index contributed by atoms with van der Waals surface area (Å²) < 4.78 is 12.9. The lowest BCUT2D eigenvalue weighted by atomic mass is 10.1. The fourth-order valence-corrected chi connectivity index (χ4v) is 1.82. The van der Waals surface area contributed by atoms with E-state index in [1.165, 1.54) is 48.3 Å². The predicted molar refractivity (Wildman–Crippen MR) is 72.5 cm³/mol. The second kappa shape index (κ2) is 5.52. The highest BCUT2D eigenvalue weighted by Gasteiger charge is 2.19. The first-order valence-corrected chi connectivity index (χ1v) is 5.86. The van der Waals surface area contributed by atoms with Gasteiger partial charge in [0.05, 0.1) is 11.1 Å². The minimum absolute atomic E-state index is 0.0635. The van der Waals surface area contributed by atoms with Crippen molar-refractivity contribution in [1.82, 2.24) is 0 Å². The normalized spacial score (nSPS) is 10.1. The molecule has 0 aliphatic rings. The zero-order valence-electron chi connectivity index (χ0n) is 10.7. The van der Waals surface area contributed by atoms with Gasteiger partial charge in [0, 0.05) is 12.7 Å². The Morgan fingerprint density at radius 3 is 2.10 bits per heavy atom. The number of aromatic carboxylic acids is 1. The molecular formula is C15H12FNO3. The van der Waals surface area contributed by atoms with Crippen LogP contribution in [0.2, 0.25) is 0 Å². The molecule has 2 rings (SSSR count). The van der Waals surface area contributed by atoms with Crippen molar-refractivity contribution < 1.29 is 19.1 Å². The third-order valence-corrected chi connectivity index (χ3v) is 2.91. The summed E-state index contributed by atoms with van der Waals surface area (Å²) in [7, 11) is 1.51. The Bertz CT molecular complexity index is 652. The molecular weight excluding hydrogens is 261 g/mol. The van der Waals surface area contributed by atoms with Crippen molar-refractivity contribution in [3.05, 3.63) is 65.5 Å².